The number of carbonyl (C=O) groups is 1. The molecule has 0 aromatic carbocycles. The molecule has 0 N–H and O–H groups in total. The first kappa shape index (κ1) is 10.3. The highest BCUT2D eigenvalue weighted by Crippen LogP contribution is 2.52. The van der Waals surface area contributed by atoms with Crippen molar-refractivity contribution in [2.24, 2.45) is 0 Å². The van der Waals surface area contributed by atoms with Crippen LogP contribution in [0.4, 0.5) is 17.7 Å². The topological polar surface area (TPSA) is 40.6 Å². The number of halogens is 3. The van der Waals surface area contributed by atoms with E-state index in [1.807, 2.05) is 0 Å². The lowest BCUT2D eigenvalue weighted by Gasteiger charge is -2.15. The number of carbonyl (C=O) groups excluding carboxylic acids is 1. The fourth-order valence-corrected chi connectivity index (χ4v) is 0.621. The van der Waals surface area contributed by atoms with Gasteiger partial charge in [-0.2, -0.15) is 5.12 Å². The molecule has 0 unspecified atom stereocenters. The highest BCUT2D eigenvalue weighted by Gasteiger charge is 2.33. The van der Waals surface area contributed by atoms with Crippen molar-refractivity contribution in [2.45, 2.75) is 0 Å². The number of hydrogen-bond donors (Lipinski definition) is 0. The number of urea groups is 1. The quantitative estimate of drug-likeness (QED) is 0.468. The fraction of sp³-hybridized carbons (Fsp3) is 0.667. The zero-order valence-electron chi connectivity index (χ0n) is 5.79. The molecular formula is C3H6F3N2O2P. The summed E-state index contributed by atoms with van der Waals surface area (Å²) in [6.45, 7) is 0. The molecule has 0 aliphatic heterocycles. The lowest BCUT2D eigenvalue weighted by molar-refractivity contribution is 0.0808. The summed E-state index contributed by atoms with van der Waals surface area (Å²) in [6, 6.07) is -1.64. The van der Waals surface area contributed by atoms with Crippen molar-refractivity contribution in [1.29, 1.82) is 0 Å². The van der Waals surface area contributed by atoms with E-state index >= 15 is 0 Å². The Morgan fingerprint density at radius 1 is 1.36 bits per heavy atom. The maximum absolute atomic E-state index is 11.9. The lowest BCUT2D eigenvalue weighted by atomic mass is 10.9. The molecule has 66 valence electrons. The van der Waals surface area contributed by atoms with Gasteiger partial charge in [0.05, 0.1) is 0 Å². The molecule has 0 saturated heterocycles. The van der Waals surface area contributed by atoms with Gasteiger partial charge in [0, 0.05) is 14.1 Å². The summed E-state index contributed by atoms with van der Waals surface area (Å²) in [4.78, 5) is 10.3. The first-order valence-electron chi connectivity index (χ1n) is 2.44. The molecule has 0 saturated carbocycles. The molecule has 0 aromatic rings. The van der Waals surface area contributed by atoms with E-state index in [1.165, 1.54) is 0 Å². The normalized spacial score (nSPS) is 11.0. The van der Waals surface area contributed by atoms with E-state index in [2.05, 4.69) is 0 Å². The molecule has 0 bridgehead atoms. The van der Waals surface area contributed by atoms with Crippen molar-refractivity contribution < 1.29 is 22.2 Å². The minimum absolute atomic E-state index is 0.438. The van der Waals surface area contributed by atoms with E-state index in [9.17, 15) is 22.2 Å². The van der Waals surface area contributed by atoms with Crippen LogP contribution in [0.1, 0.15) is 0 Å². The molecule has 0 rings (SSSR count). The van der Waals surface area contributed by atoms with E-state index < -0.39 is 23.7 Å². The summed E-state index contributed by atoms with van der Waals surface area (Å²) in [7, 11) is -4.48. The molecule has 11 heavy (non-hydrogen) atoms. The molecule has 0 aliphatic carbocycles. The monoisotopic (exact) mass is 190 g/mol. The summed E-state index contributed by atoms with van der Waals surface area (Å²) in [6.07, 6.45) is 0. The van der Waals surface area contributed by atoms with Crippen LogP contribution in [0.3, 0.4) is 0 Å². The van der Waals surface area contributed by atoms with Crippen LogP contribution in [0.5, 0.6) is 0 Å². The second kappa shape index (κ2) is 3.13. The van der Waals surface area contributed by atoms with E-state index in [4.69, 9.17) is 0 Å². The van der Waals surface area contributed by atoms with Gasteiger partial charge in [0.15, 0.2) is 0 Å². The molecule has 0 spiro atoms. The van der Waals surface area contributed by atoms with E-state index in [-0.39, 0.29) is 0 Å². The SMILES string of the molecule is CN(F)C(=O)N(C)P(=O)(F)F. The van der Waals surface area contributed by atoms with Gasteiger partial charge in [0.1, 0.15) is 0 Å². The van der Waals surface area contributed by atoms with Crippen LogP contribution < -0.4 is 0 Å². The van der Waals surface area contributed by atoms with Crippen LogP contribution >= 0.6 is 7.91 Å². The second-order valence-electron chi connectivity index (χ2n) is 1.72. The Morgan fingerprint density at radius 2 is 1.73 bits per heavy atom. The van der Waals surface area contributed by atoms with Crippen LogP contribution in [0.25, 0.3) is 0 Å². The van der Waals surface area contributed by atoms with Crippen LogP contribution in [0, 0.1) is 0 Å². The van der Waals surface area contributed by atoms with Crippen LogP contribution in [0.2, 0.25) is 0 Å². The van der Waals surface area contributed by atoms with Crippen molar-refractivity contribution in [3.63, 3.8) is 0 Å². The fourth-order valence-electron chi connectivity index (χ4n) is 0.299. The van der Waals surface area contributed by atoms with Crippen molar-refractivity contribution in [3.8, 4) is 0 Å². The minimum Gasteiger partial charge on any atom is -0.245 e. The summed E-state index contributed by atoms with van der Waals surface area (Å²) < 4.78 is 44.9. The van der Waals surface area contributed by atoms with Crippen molar-refractivity contribution in [2.75, 3.05) is 14.1 Å². The summed E-state index contributed by atoms with van der Waals surface area (Å²) in [5, 5.41) is -0.578. The van der Waals surface area contributed by atoms with Crippen LogP contribution in [0.15, 0.2) is 0 Å². The molecule has 0 aliphatic rings. The Hall–Kier alpha value is -0.710. The third-order valence-electron chi connectivity index (χ3n) is 0.890. The minimum atomic E-state index is -5.66. The summed E-state index contributed by atoms with van der Waals surface area (Å²) in [5.41, 5.74) is 0. The standard InChI is InChI=1S/C3H6F3N2O2P/c1-7(4)3(9)8(2)11(5,6)10/h1-2H3. The first-order chi connectivity index (χ1) is 4.76. The Kier molecular flexibility index (Phi) is 2.92. The Balaban J connectivity index is 4.39. The summed E-state index contributed by atoms with van der Waals surface area (Å²) >= 11 is 0. The van der Waals surface area contributed by atoms with Gasteiger partial charge in [-0.15, -0.1) is 8.39 Å². The van der Waals surface area contributed by atoms with Crippen molar-refractivity contribution >= 4 is 13.9 Å². The van der Waals surface area contributed by atoms with E-state index in [0.29, 0.717) is 14.1 Å². The molecule has 0 heterocycles. The molecule has 0 radical (unpaired) electrons. The molecule has 0 atom stereocenters. The maximum Gasteiger partial charge on any atom is 0.514 e. The Bertz CT molecular complexity index is 203. The van der Waals surface area contributed by atoms with Gasteiger partial charge < -0.3 is 0 Å². The molecular weight excluding hydrogens is 184 g/mol. The highest BCUT2D eigenvalue weighted by molar-refractivity contribution is 7.51. The lowest BCUT2D eigenvalue weighted by Crippen LogP contribution is -2.30. The number of rotatable bonds is 1. The summed E-state index contributed by atoms with van der Waals surface area (Å²) in [5.74, 6) is 0. The van der Waals surface area contributed by atoms with Gasteiger partial charge in [0.25, 0.3) is 0 Å². The number of nitrogens with zero attached hydrogens (tertiary/aromatic N) is 2. The van der Waals surface area contributed by atoms with Crippen molar-refractivity contribution in [3.05, 3.63) is 0 Å². The highest BCUT2D eigenvalue weighted by atomic mass is 31.2. The van der Waals surface area contributed by atoms with Gasteiger partial charge in [-0.25, -0.2) is 14.0 Å². The molecule has 8 heteroatoms. The Labute approximate surface area is 61.2 Å². The third-order valence-corrected chi connectivity index (χ3v) is 1.76. The molecule has 2 amide bonds. The molecule has 0 fully saturated rings. The average Bonchev–Trinajstić information content (AvgIpc) is 1.82. The zero-order valence-corrected chi connectivity index (χ0v) is 6.69. The third kappa shape index (κ3) is 2.80. The maximum atomic E-state index is 11.9. The largest absolute Gasteiger partial charge is 0.514 e. The van der Waals surface area contributed by atoms with E-state index in [0.717, 1.165) is 0 Å². The second-order valence-corrected chi connectivity index (χ2v) is 3.19. The van der Waals surface area contributed by atoms with Crippen LogP contribution in [-0.4, -0.2) is 29.9 Å². The van der Waals surface area contributed by atoms with Gasteiger partial charge >= 0.3 is 13.9 Å². The van der Waals surface area contributed by atoms with Gasteiger partial charge in [0.2, 0.25) is 0 Å². The Morgan fingerprint density at radius 3 is 1.82 bits per heavy atom. The smallest absolute Gasteiger partial charge is 0.245 e. The van der Waals surface area contributed by atoms with Gasteiger partial charge in [-0.3, -0.25) is 0 Å². The number of hydrogen-bond acceptors (Lipinski definition) is 2. The first-order valence-corrected chi connectivity index (χ1v) is 3.88. The van der Waals surface area contributed by atoms with Gasteiger partial charge in [-0.1, -0.05) is 4.48 Å². The van der Waals surface area contributed by atoms with Crippen molar-refractivity contribution in [1.82, 2.24) is 9.79 Å². The molecule has 4 nitrogen and oxygen atoms in total. The van der Waals surface area contributed by atoms with Crippen LogP contribution in [-0.2, 0) is 4.57 Å². The average molecular weight is 190 g/mol. The van der Waals surface area contributed by atoms with E-state index in [1.54, 1.807) is 0 Å². The van der Waals surface area contributed by atoms with Gasteiger partial charge in [-0.05, 0) is 0 Å². The number of amides is 2. The predicted octanol–water partition coefficient (Wildman–Crippen LogP) is 1.90. The zero-order chi connectivity index (χ0) is 9.23. The molecule has 0 aromatic heterocycles. The predicted molar refractivity (Wildman–Crippen MR) is 31.9 cm³/mol.